The molecule has 0 radical (unpaired) electrons. The van der Waals surface area contributed by atoms with Gasteiger partial charge in [-0.1, -0.05) is 0 Å². The number of piperidine rings is 1. The van der Waals surface area contributed by atoms with Gasteiger partial charge in [0.05, 0.1) is 11.3 Å². The number of carbonyl (C=O) groups is 2. The first kappa shape index (κ1) is 17.4. The van der Waals surface area contributed by atoms with Crippen molar-refractivity contribution in [3.05, 3.63) is 29.1 Å². The number of fused-ring (bicyclic) bond motifs is 1. The van der Waals surface area contributed by atoms with Crippen LogP contribution in [0.3, 0.4) is 0 Å². The summed E-state index contributed by atoms with van der Waals surface area (Å²) in [5.41, 5.74) is 4.50. The van der Waals surface area contributed by atoms with Gasteiger partial charge in [0, 0.05) is 45.3 Å². The third kappa shape index (κ3) is 3.10. The Kier molecular flexibility index (Phi) is 4.44. The summed E-state index contributed by atoms with van der Waals surface area (Å²) in [6, 6.07) is 2.40. The van der Waals surface area contributed by atoms with Crippen molar-refractivity contribution >= 4 is 11.8 Å². The molecule has 3 aliphatic rings. The molecule has 0 aromatic carbocycles. The molecular formula is C19H26N4O3. The van der Waals surface area contributed by atoms with Crippen LogP contribution in [0.4, 0.5) is 0 Å². The van der Waals surface area contributed by atoms with Crippen LogP contribution in [0.1, 0.15) is 54.2 Å². The van der Waals surface area contributed by atoms with Gasteiger partial charge in [0.25, 0.3) is 5.91 Å². The highest BCUT2D eigenvalue weighted by atomic mass is 16.5. The molecule has 7 heteroatoms. The average Bonchev–Trinajstić information content (AvgIpc) is 2.64. The number of aromatic nitrogens is 1. The Bertz CT molecular complexity index is 729. The van der Waals surface area contributed by atoms with Crippen molar-refractivity contribution in [2.45, 2.75) is 51.6 Å². The first-order valence-corrected chi connectivity index (χ1v) is 9.41. The Labute approximate surface area is 153 Å². The summed E-state index contributed by atoms with van der Waals surface area (Å²) in [5.74, 6) is -0.317. The van der Waals surface area contributed by atoms with Crippen LogP contribution in [0.25, 0.3) is 0 Å². The summed E-state index contributed by atoms with van der Waals surface area (Å²) in [7, 11) is 0. The van der Waals surface area contributed by atoms with Crippen LogP contribution in [-0.4, -0.2) is 57.5 Å². The number of amides is 2. The predicted octanol–water partition coefficient (Wildman–Crippen LogP) is 1.35. The van der Waals surface area contributed by atoms with E-state index in [-0.39, 0.29) is 5.91 Å². The first-order valence-electron chi connectivity index (χ1n) is 9.41. The van der Waals surface area contributed by atoms with E-state index in [1.165, 1.54) is 12.6 Å². The molecule has 0 bridgehead atoms. The fourth-order valence-electron chi connectivity index (χ4n) is 4.94. The van der Waals surface area contributed by atoms with Crippen molar-refractivity contribution in [1.82, 2.24) is 20.3 Å². The number of pyridine rings is 1. The highest BCUT2D eigenvalue weighted by molar-refractivity contribution is 5.93. The van der Waals surface area contributed by atoms with Crippen molar-refractivity contribution in [3.63, 3.8) is 0 Å². The summed E-state index contributed by atoms with van der Waals surface area (Å²) in [6.07, 6.45) is 7.08. The number of hydrogen-bond donors (Lipinski definition) is 2. The second-order valence-corrected chi connectivity index (χ2v) is 8.10. The van der Waals surface area contributed by atoms with Gasteiger partial charge in [-0.25, -0.2) is 5.48 Å². The molecule has 7 nitrogen and oxygen atoms in total. The molecule has 140 valence electrons. The topological polar surface area (TPSA) is 85.8 Å². The van der Waals surface area contributed by atoms with Gasteiger partial charge in [-0.2, -0.15) is 0 Å². The van der Waals surface area contributed by atoms with Crippen molar-refractivity contribution in [2.75, 3.05) is 19.6 Å². The molecule has 2 fully saturated rings. The third-order valence-corrected chi connectivity index (χ3v) is 6.41. The lowest BCUT2D eigenvalue weighted by Gasteiger charge is -2.56. The van der Waals surface area contributed by atoms with Gasteiger partial charge in [-0.15, -0.1) is 0 Å². The van der Waals surface area contributed by atoms with Crippen LogP contribution in [0, 0.1) is 5.41 Å². The van der Waals surface area contributed by atoms with Crippen LogP contribution < -0.4 is 5.48 Å². The molecule has 2 aliphatic heterocycles. The number of likely N-dealkylation sites (tertiary alicyclic amines) is 1. The SMILES string of the molecule is CC(=O)N1CCCC2(CC(N3CCc4cc(C(=O)NO)cnc4C3)C2)C1. The van der Waals surface area contributed by atoms with E-state index in [0.717, 1.165) is 63.1 Å². The zero-order valence-corrected chi connectivity index (χ0v) is 15.2. The van der Waals surface area contributed by atoms with Gasteiger partial charge in [-0.05, 0) is 49.1 Å². The van der Waals surface area contributed by atoms with Gasteiger partial charge in [0.2, 0.25) is 5.91 Å². The quantitative estimate of drug-likeness (QED) is 0.616. The van der Waals surface area contributed by atoms with Gasteiger partial charge >= 0.3 is 0 Å². The number of rotatable bonds is 2. The Balaban J connectivity index is 1.38. The maximum absolute atomic E-state index is 11.7. The minimum absolute atomic E-state index is 0.200. The maximum atomic E-state index is 11.7. The lowest BCUT2D eigenvalue weighted by molar-refractivity contribution is -0.136. The highest BCUT2D eigenvalue weighted by Crippen LogP contribution is 2.50. The van der Waals surface area contributed by atoms with Crippen LogP contribution in [0.2, 0.25) is 0 Å². The van der Waals surface area contributed by atoms with E-state index in [1.54, 1.807) is 12.4 Å². The molecule has 2 N–H and O–H groups in total. The number of nitrogens with zero attached hydrogens (tertiary/aromatic N) is 3. The molecule has 0 atom stereocenters. The zero-order valence-electron chi connectivity index (χ0n) is 15.2. The predicted molar refractivity (Wildman–Crippen MR) is 94.5 cm³/mol. The fourth-order valence-corrected chi connectivity index (χ4v) is 4.94. The van der Waals surface area contributed by atoms with E-state index in [4.69, 9.17) is 5.21 Å². The van der Waals surface area contributed by atoms with Crippen LogP contribution in [0.5, 0.6) is 0 Å². The Hall–Kier alpha value is -1.99. The van der Waals surface area contributed by atoms with Crippen molar-refractivity contribution in [2.24, 2.45) is 5.41 Å². The molecule has 0 unspecified atom stereocenters. The number of hydroxylamine groups is 1. The molecule has 1 aliphatic carbocycles. The number of nitrogens with one attached hydrogen (secondary N) is 1. The standard InChI is InChI=1S/C19H26N4O3/c1-13(24)23-5-2-4-19(12-23)8-16(9-19)22-6-3-14-7-15(18(25)21-26)10-20-17(14)11-22/h7,10,16,26H,2-6,8-9,11-12H2,1H3,(H,21,25). The van der Waals surface area contributed by atoms with Gasteiger partial charge in [-0.3, -0.25) is 24.7 Å². The summed E-state index contributed by atoms with van der Waals surface area (Å²) in [4.78, 5) is 32.2. The van der Waals surface area contributed by atoms with E-state index < -0.39 is 5.91 Å². The second-order valence-electron chi connectivity index (χ2n) is 8.10. The van der Waals surface area contributed by atoms with E-state index in [2.05, 4.69) is 9.88 Å². The Morgan fingerprint density at radius 2 is 2.15 bits per heavy atom. The molecule has 1 spiro atoms. The molecule has 1 saturated heterocycles. The molecule has 4 rings (SSSR count). The van der Waals surface area contributed by atoms with Crippen LogP contribution in [-0.2, 0) is 17.8 Å². The minimum Gasteiger partial charge on any atom is -0.342 e. The van der Waals surface area contributed by atoms with Crippen LogP contribution >= 0.6 is 0 Å². The molecule has 1 aromatic rings. The number of hydrogen-bond acceptors (Lipinski definition) is 5. The Morgan fingerprint density at radius 3 is 2.88 bits per heavy atom. The highest BCUT2D eigenvalue weighted by Gasteiger charge is 2.49. The third-order valence-electron chi connectivity index (χ3n) is 6.41. The number of carbonyl (C=O) groups excluding carboxylic acids is 2. The summed E-state index contributed by atoms with van der Waals surface area (Å²) in [5, 5.41) is 8.76. The van der Waals surface area contributed by atoms with Gasteiger partial charge < -0.3 is 4.90 Å². The summed E-state index contributed by atoms with van der Waals surface area (Å²) in [6.45, 7) is 5.28. The zero-order chi connectivity index (χ0) is 18.3. The van der Waals surface area contributed by atoms with E-state index in [9.17, 15) is 9.59 Å². The molecule has 3 heterocycles. The molecule has 1 aromatic heterocycles. The first-order chi connectivity index (χ1) is 12.5. The monoisotopic (exact) mass is 358 g/mol. The Morgan fingerprint density at radius 1 is 1.35 bits per heavy atom. The largest absolute Gasteiger partial charge is 0.342 e. The van der Waals surface area contributed by atoms with E-state index in [0.29, 0.717) is 17.0 Å². The van der Waals surface area contributed by atoms with E-state index in [1.807, 2.05) is 11.0 Å². The van der Waals surface area contributed by atoms with Crippen molar-refractivity contribution in [3.8, 4) is 0 Å². The van der Waals surface area contributed by atoms with Crippen molar-refractivity contribution in [1.29, 1.82) is 0 Å². The van der Waals surface area contributed by atoms with Crippen molar-refractivity contribution < 1.29 is 14.8 Å². The summed E-state index contributed by atoms with van der Waals surface area (Å²) >= 11 is 0. The molecule has 1 saturated carbocycles. The van der Waals surface area contributed by atoms with E-state index >= 15 is 0 Å². The molecule has 26 heavy (non-hydrogen) atoms. The van der Waals surface area contributed by atoms with Gasteiger partial charge in [0.15, 0.2) is 0 Å². The lowest BCUT2D eigenvalue weighted by Crippen LogP contribution is -2.58. The normalized spacial score (nSPS) is 28.4. The smallest absolute Gasteiger partial charge is 0.276 e. The summed E-state index contributed by atoms with van der Waals surface area (Å²) < 4.78 is 0. The molecular weight excluding hydrogens is 332 g/mol. The van der Waals surface area contributed by atoms with Gasteiger partial charge in [0.1, 0.15) is 0 Å². The maximum Gasteiger partial charge on any atom is 0.276 e. The van der Waals surface area contributed by atoms with Crippen LogP contribution in [0.15, 0.2) is 12.3 Å². The second kappa shape index (κ2) is 6.63. The minimum atomic E-state index is -0.518. The lowest BCUT2D eigenvalue weighted by atomic mass is 9.60. The fraction of sp³-hybridized carbons (Fsp3) is 0.632. The molecule has 2 amide bonds. The average molecular weight is 358 g/mol.